The normalized spacial score (nSPS) is 9.57. The maximum absolute atomic E-state index is 5.38. The highest BCUT2D eigenvalue weighted by Gasteiger charge is 2.02. The Balaban J connectivity index is 2.92. The largest absolute Gasteiger partial charge is 0.496 e. The topological polar surface area (TPSA) is 18.5 Å². The maximum Gasteiger partial charge on any atom is 0.126 e. The average Bonchev–Trinajstić information content (AvgIpc) is 2.21. The summed E-state index contributed by atoms with van der Waals surface area (Å²) in [5.41, 5.74) is 1.13. The molecule has 1 aromatic rings. The van der Waals surface area contributed by atoms with Gasteiger partial charge >= 0.3 is 0 Å². The SMILES string of the molecule is C=CCc1ccc(OCC)cc1OC. The summed E-state index contributed by atoms with van der Waals surface area (Å²) < 4.78 is 10.6. The van der Waals surface area contributed by atoms with Gasteiger partial charge in [-0.05, 0) is 25.0 Å². The second kappa shape index (κ2) is 5.32. The molecule has 2 nitrogen and oxygen atoms in total. The van der Waals surface area contributed by atoms with Gasteiger partial charge in [0.2, 0.25) is 0 Å². The molecule has 0 saturated carbocycles. The molecule has 0 N–H and O–H groups in total. The van der Waals surface area contributed by atoms with Gasteiger partial charge in [0.25, 0.3) is 0 Å². The lowest BCUT2D eigenvalue weighted by Crippen LogP contribution is -1.95. The standard InChI is InChI=1S/C12H16O2/c1-4-6-10-7-8-11(14-5-2)9-12(10)13-3/h4,7-9H,1,5-6H2,2-3H3. The van der Waals surface area contributed by atoms with Crippen molar-refractivity contribution in [2.75, 3.05) is 13.7 Å². The van der Waals surface area contributed by atoms with E-state index in [0.29, 0.717) is 6.61 Å². The first-order chi connectivity index (χ1) is 6.81. The highest BCUT2D eigenvalue weighted by atomic mass is 16.5. The summed E-state index contributed by atoms with van der Waals surface area (Å²) in [6, 6.07) is 5.86. The van der Waals surface area contributed by atoms with Crippen molar-refractivity contribution in [3.63, 3.8) is 0 Å². The minimum absolute atomic E-state index is 0.671. The molecule has 0 aromatic heterocycles. The fourth-order valence-corrected chi connectivity index (χ4v) is 1.31. The lowest BCUT2D eigenvalue weighted by atomic mass is 10.1. The fourth-order valence-electron chi connectivity index (χ4n) is 1.31. The Hall–Kier alpha value is -1.44. The molecule has 0 aliphatic heterocycles. The van der Waals surface area contributed by atoms with Gasteiger partial charge in [-0.15, -0.1) is 6.58 Å². The van der Waals surface area contributed by atoms with Crippen molar-refractivity contribution in [3.8, 4) is 11.5 Å². The summed E-state index contributed by atoms with van der Waals surface area (Å²) in [6.07, 6.45) is 2.67. The maximum atomic E-state index is 5.38. The van der Waals surface area contributed by atoms with Gasteiger partial charge in [0.15, 0.2) is 0 Å². The monoisotopic (exact) mass is 192 g/mol. The third-order valence-electron chi connectivity index (χ3n) is 1.93. The van der Waals surface area contributed by atoms with Crippen LogP contribution >= 0.6 is 0 Å². The Morgan fingerprint density at radius 2 is 2.21 bits per heavy atom. The van der Waals surface area contributed by atoms with Crippen molar-refractivity contribution in [2.24, 2.45) is 0 Å². The molecule has 76 valence electrons. The van der Waals surface area contributed by atoms with Gasteiger partial charge in [-0.1, -0.05) is 12.1 Å². The third-order valence-corrected chi connectivity index (χ3v) is 1.93. The molecule has 0 spiro atoms. The number of ether oxygens (including phenoxy) is 2. The minimum atomic E-state index is 0.671. The number of rotatable bonds is 5. The zero-order chi connectivity index (χ0) is 10.4. The molecule has 0 aliphatic carbocycles. The highest BCUT2D eigenvalue weighted by molar-refractivity contribution is 5.41. The van der Waals surface area contributed by atoms with Crippen molar-refractivity contribution in [2.45, 2.75) is 13.3 Å². The van der Waals surface area contributed by atoms with Crippen LogP contribution in [0.2, 0.25) is 0 Å². The van der Waals surface area contributed by atoms with E-state index in [1.807, 2.05) is 31.2 Å². The molecule has 0 fully saturated rings. The van der Waals surface area contributed by atoms with E-state index in [2.05, 4.69) is 6.58 Å². The Morgan fingerprint density at radius 1 is 1.43 bits per heavy atom. The first-order valence-corrected chi connectivity index (χ1v) is 4.72. The molecule has 0 saturated heterocycles. The Bertz CT molecular complexity index is 305. The molecule has 0 bridgehead atoms. The first-order valence-electron chi connectivity index (χ1n) is 4.72. The number of allylic oxidation sites excluding steroid dienone is 1. The predicted molar refractivity (Wildman–Crippen MR) is 58.1 cm³/mol. The van der Waals surface area contributed by atoms with Crippen LogP contribution in [0, 0.1) is 0 Å². The second-order valence-electron chi connectivity index (χ2n) is 2.90. The predicted octanol–water partition coefficient (Wildman–Crippen LogP) is 2.82. The molecule has 0 amide bonds. The van der Waals surface area contributed by atoms with Gasteiger partial charge in [-0.25, -0.2) is 0 Å². The molecule has 1 rings (SSSR count). The van der Waals surface area contributed by atoms with Gasteiger partial charge in [0.1, 0.15) is 11.5 Å². The Kier molecular flexibility index (Phi) is 4.05. The fraction of sp³-hybridized carbons (Fsp3) is 0.333. The van der Waals surface area contributed by atoms with Crippen LogP contribution in [0.15, 0.2) is 30.9 Å². The molecule has 1 aromatic carbocycles. The Labute approximate surface area is 85.2 Å². The molecule has 14 heavy (non-hydrogen) atoms. The highest BCUT2D eigenvalue weighted by Crippen LogP contribution is 2.25. The zero-order valence-corrected chi connectivity index (χ0v) is 8.75. The molecule has 0 aliphatic rings. The summed E-state index contributed by atoms with van der Waals surface area (Å²) in [7, 11) is 1.66. The number of hydrogen-bond donors (Lipinski definition) is 0. The Morgan fingerprint density at radius 3 is 2.79 bits per heavy atom. The lowest BCUT2D eigenvalue weighted by molar-refractivity contribution is 0.335. The lowest BCUT2D eigenvalue weighted by Gasteiger charge is -2.09. The molecular weight excluding hydrogens is 176 g/mol. The summed E-state index contributed by atoms with van der Waals surface area (Å²) in [6.45, 7) is 6.34. The van der Waals surface area contributed by atoms with Crippen molar-refractivity contribution < 1.29 is 9.47 Å². The van der Waals surface area contributed by atoms with E-state index in [1.54, 1.807) is 7.11 Å². The average molecular weight is 192 g/mol. The summed E-state index contributed by atoms with van der Waals surface area (Å²) in [5, 5.41) is 0. The molecule has 0 radical (unpaired) electrons. The van der Waals surface area contributed by atoms with Gasteiger partial charge in [-0.3, -0.25) is 0 Å². The van der Waals surface area contributed by atoms with Crippen LogP contribution < -0.4 is 9.47 Å². The first kappa shape index (κ1) is 10.6. The van der Waals surface area contributed by atoms with Crippen LogP contribution in [0.5, 0.6) is 11.5 Å². The van der Waals surface area contributed by atoms with Crippen LogP contribution in [0.1, 0.15) is 12.5 Å². The van der Waals surface area contributed by atoms with Crippen molar-refractivity contribution in [3.05, 3.63) is 36.4 Å². The van der Waals surface area contributed by atoms with E-state index >= 15 is 0 Å². The molecule has 2 heteroatoms. The van der Waals surface area contributed by atoms with Crippen molar-refractivity contribution >= 4 is 0 Å². The molecule has 0 heterocycles. The van der Waals surface area contributed by atoms with Crippen LogP contribution in [0.25, 0.3) is 0 Å². The van der Waals surface area contributed by atoms with Crippen molar-refractivity contribution in [1.82, 2.24) is 0 Å². The van der Waals surface area contributed by atoms with E-state index in [9.17, 15) is 0 Å². The second-order valence-corrected chi connectivity index (χ2v) is 2.90. The van der Waals surface area contributed by atoms with Gasteiger partial charge in [-0.2, -0.15) is 0 Å². The number of hydrogen-bond acceptors (Lipinski definition) is 2. The summed E-state index contributed by atoms with van der Waals surface area (Å²) in [5.74, 6) is 1.70. The van der Waals surface area contributed by atoms with E-state index in [4.69, 9.17) is 9.47 Å². The van der Waals surface area contributed by atoms with E-state index in [1.165, 1.54) is 0 Å². The molecule has 0 atom stereocenters. The number of methoxy groups -OCH3 is 1. The van der Waals surface area contributed by atoms with Gasteiger partial charge in [0, 0.05) is 6.07 Å². The van der Waals surface area contributed by atoms with E-state index in [0.717, 1.165) is 23.5 Å². The van der Waals surface area contributed by atoms with Crippen LogP contribution in [0.3, 0.4) is 0 Å². The molecular formula is C12H16O2. The van der Waals surface area contributed by atoms with Gasteiger partial charge < -0.3 is 9.47 Å². The molecule has 0 unspecified atom stereocenters. The smallest absolute Gasteiger partial charge is 0.126 e. The van der Waals surface area contributed by atoms with Crippen LogP contribution in [-0.2, 0) is 6.42 Å². The zero-order valence-electron chi connectivity index (χ0n) is 8.75. The quantitative estimate of drug-likeness (QED) is 0.668. The third kappa shape index (κ3) is 2.52. The summed E-state index contributed by atoms with van der Waals surface area (Å²) >= 11 is 0. The number of benzene rings is 1. The van der Waals surface area contributed by atoms with Crippen molar-refractivity contribution in [1.29, 1.82) is 0 Å². The van der Waals surface area contributed by atoms with E-state index in [-0.39, 0.29) is 0 Å². The van der Waals surface area contributed by atoms with Crippen LogP contribution in [-0.4, -0.2) is 13.7 Å². The van der Waals surface area contributed by atoms with Gasteiger partial charge in [0.05, 0.1) is 13.7 Å². The van der Waals surface area contributed by atoms with E-state index < -0.39 is 0 Å². The minimum Gasteiger partial charge on any atom is -0.496 e. The van der Waals surface area contributed by atoms with Crippen LogP contribution in [0.4, 0.5) is 0 Å². The summed E-state index contributed by atoms with van der Waals surface area (Å²) in [4.78, 5) is 0.